The van der Waals surface area contributed by atoms with Gasteiger partial charge in [-0.15, -0.1) is 0 Å². The highest BCUT2D eigenvalue weighted by molar-refractivity contribution is 5.23. The number of rotatable bonds is 5. The van der Waals surface area contributed by atoms with E-state index in [4.69, 9.17) is 5.73 Å². The second-order valence-electron chi connectivity index (χ2n) is 4.77. The minimum absolute atomic E-state index is 0.157. The van der Waals surface area contributed by atoms with Crippen LogP contribution in [0.25, 0.3) is 0 Å². The fourth-order valence-corrected chi connectivity index (χ4v) is 1.50. The van der Waals surface area contributed by atoms with Gasteiger partial charge in [-0.1, -0.05) is 44.2 Å². The summed E-state index contributed by atoms with van der Waals surface area (Å²) in [7, 11) is 0. The van der Waals surface area contributed by atoms with E-state index in [0.29, 0.717) is 12.6 Å². The van der Waals surface area contributed by atoms with Crippen molar-refractivity contribution in [2.24, 2.45) is 5.73 Å². The molecule has 1 aromatic rings. The van der Waals surface area contributed by atoms with Crippen molar-refractivity contribution in [1.29, 1.82) is 0 Å². The van der Waals surface area contributed by atoms with Crippen LogP contribution in [0.1, 0.15) is 26.3 Å². The summed E-state index contributed by atoms with van der Waals surface area (Å²) < 4.78 is 0. The van der Waals surface area contributed by atoms with Crippen LogP contribution in [0.3, 0.4) is 0 Å². The van der Waals surface area contributed by atoms with Crippen molar-refractivity contribution in [3.8, 4) is 0 Å². The van der Waals surface area contributed by atoms with E-state index in [2.05, 4.69) is 56.4 Å². The van der Waals surface area contributed by atoms with Gasteiger partial charge in [0.2, 0.25) is 0 Å². The molecule has 0 heterocycles. The molecule has 0 fully saturated rings. The molecule has 0 spiro atoms. The third-order valence-electron chi connectivity index (χ3n) is 2.80. The summed E-state index contributed by atoms with van der Waals surface area (Å²) >= 11 is 0. The lowest BCUT2D eigenvalue weighted by Crippen LogP contribution is -2.41. The zero-order valence-electron chi connectivity index (χ0n) is 9.96. The molecule has 1 aromatic carbocycles. The Morgan fingerprint density at radius 1 is 1.27 bits per heavy atom. The smallest absolute Gasteiger partial charge is 0.0162 e. The lowest BCUT2D eigenvalue weighted by Gasteiger charge is -2.27. The summed E-state index contributed by atoms with van der Waals surface area (Å²) in [5.41, 5.74) is 7.10. The second kappa shape index (κ2) is 5.29. The topological polar surface area (TPSA) is 38.0 Å². The van der Waals surface area contributed by atoms with Crippen LogP contribution in [0, 0.1) is 0 Å². The van der Waals surface area contributed by atoms with Crippen molar-refractivity contribution in [3.63, 3.8) is 0 Å². The molecule has 2 nitrogen and oxygen atoms in total. The normalized spacial score (nSPS) is 13.9. The minimum atomic E-state index is 0.157. The van der Waals surface area contributed by atoms with Crippen molar-refractivity contribution in [2.75, 3.05) is 13.1 Å². The van der Waals surface area contributed by atoms with Gasteiger partial charge in [0.15, 0.2) is 0 Å². The molecule has 0 saturated carbocycles. The second-order valence-corrected chi connectivity index (χ2v) is 4.77. The van der Waals surface area contributed by atoms with Gasteiger partial charge in [-0.05, 0) is 12.5 Å². The third-order valence-corrected chi connectivity index (χ3v) is 2.80. The van der Waals surface area contributed by atoms with Gasteiger partial charge in [0.05, 0.1) is 0 Å². The van der Waals surface area contributed by atoms with Crippen molar-refractivity contribution in [3.05, 3.63) is 35.9 Å². The molecule has 0 aliphatic heterocycles. The van der Waals surface area contributed by atoms with Gasteiger partial charge >= 0.3 is 0 Å². The summed E-state index contributed by atoms with van der Waals surface area (Å²) in [6, 6.07) is 11.0. The number of nitrogens with one attached hydrogen (secondary N) is 1. The fourth-order valence-electron chi connectivity index (χ4n) is 1.50. The third kappa shape index (κ3) is 3.65. The molecular weight excluding hydrogens is 184 g/mol. The van der Waals surface area contributed by atoms with Crippen LogP contribution in [0.4, 0.5) is 0 Å². The highest BCUT2D eigenvalue weighted by atomic mass is 14.9. The molecule has 3 N–H and O–H groups in total. The zero-order valence-corrected chi connectivity index (χ0v) is 9.96. The van der Waals surface area contributed by atoms with Gasteiger partial charge in [0.25, 0.3) is 0 Å². The molecule has 0 radical (unpaired) electrons. The molecule has 0 aromatic heterocycles. The standard InChI is InChI=1S/C13H22N2/c1-11(9-14)15-10-13(2,3)12-7-5-4-6-8-12/h4-8,11,15H,9-10,14H2,1-3H3/t11-/m0/s1. The van der Waals surface area contributed by atoms with Gasteiger partial charge < -0.3 is 11.1 Å². The van der Waals surface area contributed by atoms with Crippen molar-refractivity contribution < 1.29 is 0 Å². The first-order valence-electron chi connectivity index (χ1n) is 5.55. The molecule has 1 atom stereocenters. The highest BCUT2D eigenvalue weighted by Crippen LogP contribution is 2.21. The Bertz CT molecular complexity index is 280. The van der Waals surface area contributed by atoms with E-state index in [1.165, 1.54) is 5.56 Å². The Labute approximate surface area is 92.9 Å². The largest absolute Gasteiger partial charge is 0.329 e. The molecule has 0 amide bonds. The lowest BCUT2D eigenvalue weighted by atomic mass is 9.84. The van der Waals surface area contributed by atoms with E-state index in [1.807, 2.05) is 0 Å². The summed E-state index contributed by atoms with van der Waals surface area (Å²) in [5, 5.41) is 3.45. The monoisotopic (exact) mass is 206 g/mol. The van der Waals surface area contributed by atoms with Crippen LogP contribution in [-0.4, -0.2) is 19.1 Å². The van der Waals surface area contributed by atoms with Gasteiger partial charge in [-0.3, -0.25) is 0 Å². The Hall–Kier alpha value is -0.860. The number of hydrogen-bond acceptors (Lipinski definition) is 2. The van der Waals surface area contributed by atoms with Crippen LogP contribution in [0.2, 0.25) is 0 Å². The molecule has 84 valence electrons. The van der Waals surface area contributed by atoms with E-state index in [0.717, 1.165) is 6.54 Å². The van der Waals surface area contributed by atoms with Crippen molar-refractivity contribution >= 4 is 0 Å². The Balaban J connectivity index is 2.59. The minimum Gasteiger partial charge on any atom is -0.329 e. The fraction of sp³-hybridized carbons (Fsp3) is 0.538. The Morgan fingerprint density at radius 2 is 1.87 bits per heavy atom. The van der Waals surface area contributed by atoms with Crippen molar-refractivity contribution in [1.82, 2.24) is 5.32 Å². The average molecular weight is 206 g/mol. The molecule has 0 unspecified atom stereocenters. The van der Waals surface area contributed by atoms with Gasteiger partial charge in [0.1, 0.15) is 0 Å². The maximum absolute atomic E-state index is 5.58. The van der Waals surface area contributed by atoms with Crippen LogP contribution in [0.15, 0.2) is 30.3 Å². The SMILES string of the molecule is C[C@@H](CN)NCC(C)(C)c1ccccc1. The molecular formula is C13H22N2. The number of hydrogen-bond donors (Lipinski definition) is 2. The van der Waals surface area contributed by atoms with Gasteiger partial charge in [-0.2, -0.15) is 0 Å². The Morgan fingerprint density at radius 3 is 2.40 bits per heavy atom. The molecule has 1 rings (SSSR count). The number of nitrogens with two attached hydrogens (primary N) is 1. The zero-order chi connectivity index (χ0) is 11.3. The maximum atomic E-state index is 5.58. The van der Waals surface area contributed by atoms with Gasteiger partial charge in [0, 0.05) is 24.5 Å². The van der Waals surface area contributed by atoms with Gasteiger partial charge in [-0.25, -0.2) is 0 Å². The quantitative estimate of drug-likeness (QED) is 0.772. The van der Waals surface area contributed by atoms with Crippen LogP contribution in [-0.2, 0) is 5.41 Å². The maximum Gasteiger partial charge on any atom is 0.0162 e. The summed E-state index contributed by atoms with van der Waals surface area (Å²) in [5.74, 6) is 0. The summed E-state index contributed by atoms with van der Waals surface area (Å²) in [4.78, 5) is 0. The van der Waals surface area contributed by atoms with E-state index in [1.54, 1.807) is 0 Å². The van der Waals surface area contributed by atoms with E-state index < -0.39 is 0 Å². The predicted octanol–water partition coefficient (Wildman–Crippen LogP) is 1.90. The van der Waals surface area contributed by atoms with Crippen LogP contribution >= 0.6 is 0 Å². The molecule has 0 aliphatic carbocycles. The highest BCUT2D eigenvalue weighted by Gasteiger charge is 2.20. The van der Waals surface area contributed by atoms with Crippen LogP contribution < -0.4 is 11.1 Å². The van der Waals surface area contributed by atoms with Crippen molar-refractivity contribution in [2.45, 2.75) is 32.2 Å². The molecule has 15 heavy (non-hydrogen) atoms. The average Bonchev–Trinajstić information content (AvgIpc) is 2.27. The van der Waals surface area contributed by atoms with E-state index in [9.17, 15) is 0 Å². The predicted molar refractivity (Wildman–Crippen MR) is 66.0 cm³/mol. The Kier molecular flexibility index (Phi) is 4.30. The first-order chi connectivity index (χ1) is 7.06. The molecule has 0 saturated heterocycles. The molecule has 0 bridgehead atoms. The first kappa shape index (κ1) is 12.2. The molecule has 0 aliphatic rings. The summed E-state index contributed by atoms with van der Waals surface area (Å²) in [6.07, 6.45) is 0. The summed E-state index contributed by atoms with van der Waals surface area (Å²) in [6.45, 7) is 8.25. The lowest BCUT2D eigenvalue weighted by molar-refractivity contribution is 0.432. The molecule has 2 heteroatoms. The van der Waals surface area contributed by atoms with E-state index >= 15 is 0 Å². The van der Waals surface area contributed by atoms with Crippen LogP contribution in [0.5, 0.6) is 0 Å². The first-order valence-corrected chi connectivity index (χ1v) is 5.55. The van der Waals surface area contributed by atoms with E-state index in [-0.39, 0.29) is 5.41 Å². The number of benzene rings is 1.